The third-order valence-electron chi connectivity index (χ3n) is 3.15. The lowest BCUT2D eigenvalue weighted by atomic mass is 10.1. The van der Waals surface area contributed by atoms with E-state index in [1.807, 2.05) is 0 Å². The van der Waals surface area contributed by atoms with Crippen LogP contribution in [0.5, 0.6) is 5.75 Å². The highest BCUT2D eigenvalue weighted by molar-refractivity contribution is 7.89. The Hall–Kier alpha value is -1.80. The lowest BCUT2D eigenvalue weighted by Crippen LogP contribution is -2.14. The molecular formula is C16H15Cl2NO5S. The Morgan fingerprint density at radius 1 is 1.00 bits per heavy atom. The Kier molecular flexibility index (Phi) is 6.66. The minimum Gasteiger partial charge on any atom is -0.490 e. The molecule has 0 atom stereocenters. The first kappa shape index (κ1) is 19.5. The van der Waals surface area contributed by atoms with E-state index in [2.05, 4.69) is 0 Å². The number of halogens is 2. The lowest BCUT2D eigenvalue weighted by Gasteiger charge is -2.09. The van der Waals surface area contributed by atoms with Crippen molar-refractivity contribution in [2.24, 2.45) is 5.14 Å². The molecule has 0 fully saturated rings. The third kappa shape index (κ3) is 5.89. The van der Waals surface area contributed by atoms with Gasteiger partial charge >= 0.3 is 5.97 Å². The Morgan fingerprint density at radius 3 is 2.16 bits per heavy atom. The second-order valence-electron chi connectivity index (χ2n) is 4.96. The van der Waals surface area contributed by atoms with Gasteiger partial charge in [0, 0.05) is 15.6 Å². The van der Waals surface area contributed by atoms with Crippen LogP contribution in [0.4, 0.5) is 0 Å². The molecule has 2 aromatic carbocycles. The van der Waals surface area contributed by atoms with E-state index >= 15 is 0 Å². The maximum absolute atomic E-state index is 11.8. The van der Waals surface area contributed by atoms with Crippen molar-refractivity contribution in [3.63, 3.8) is 0 Å². The third-order valence-corrected chi connectivity index (χ3v) is 4.79. The number of hydrogen-bond donors (Lipinski definition) is 1. The molecule has 0 amide bonds. The Labute approximate surface area is 155 Å². The minimum atomic E-state index is -3.74. The summed E-state index contributed by atoms with van der Waals surface area (Å²) in [5.41, 5.74) is 0.510. The Bertz CT molecular complexity index is 833. The summed E-state index contributed by atoms with van der Waals surface area (Å²) in [6.07, 6.45) is -0.0401. The number of carbonyl (C=O) groups excluding carboxylic acids is 1. The number of rotatable bonds is 7. The van der Waals surface area contributed by atoms with Gasteiger partial charge in [-0.1, -0.05) is 29.3 Å². The van der Waals surface area contributed by atoms with Crippen LogP contribution in [0.1, 0.15) is 5.56 Å². The Morgan fingerprint density at radius 2 is 1.60 bits per heavy atom. The predicted octanol–water partition coefficient (Wildman–Crippen LogP) is 2.81. The van der Waals surface area contributed by atoms with Gasteiger partial charge in [-0.05, 0) is 36.4 Å². The highest BCUT2D eigenvalue weighted by Gasteiger charge is 2.12. The summed E-state index contributed by atoms with van der Waals surface area (Å²) in [5, 5.41) is 5.80. The average Bonchev–Trinajstić information content (AvgIpc) is 2.55. The van der Waals surface area contributed by atoms with E-state index in [1.165, 1.54) is 24.3 Å². The molecule has 9 heteroatoms. The summed E-state index contributed by atoms with van der Waals surface area (Å²) < 4.78 is 32.7. The normalized spacial score (nSPS) is 11.2. The van der Waals surface area contributed by atoms with Gasteiger partial charge in [-0.3, -0.25) is 4.79 Å². The highest BCUT2D eigenvalue weighted by atomic mass is 35.5. The van der Waals surface area contributed by atoms with Gasteiger partial charge in [0.15, 0.2) is 0 Å². The molecule has 0 radical (unpaired) electrons. The van der Waals surface area contributed by atoms with E-state index in [4.69, 9.17) is 37.8 Å². The number of hydrogen-bond acceptors (Lipinski definition) is 5. The summed E-state index contributed by atoms with van der Waals surface area (Å²) in [6, 6.07) is 10.6. The van der Waals surface area contributed by atoms with Crippen molar-refractivity contribution in [3.8, 4) is 5.75 Å². The predicted molar refractivity (Wildman–Crippen MR) is 94.4 cm³/mol. The molecule has 2 aromatic rings. The molecule has 0 aromatic heterocycles. The van der Waals surface area contributed by atoms with Crippen LogP contribution in [0.15, 0.2) is 47.4 Å². The molecule has 6 nitrogen and oxygen atoms in total. The monoisotopic (exact) mass is 403 g/mol. The molecule has 0 aliphatic rings. The van der Waals surface area contributed by atoms with E-state index in [9.17, 15) is 13.2 Å². The van der Waals surface area contributed by atoms with Crippen LogP contribution in [0, 0.1) is 0 Å². The topological polar surface area (TPSA) is 95.7 Å². The fourth-order valence-corrected chi connectivity index (χ4v) is 2.98. The van der Waals surface area contributed by atoms with E-state index in [1.54, 1.807) is 18.2 Å². The summed E-state index contributed by atoms with van der Waals surface area (Å²) >= 11 is 12.0. The maximum atomic E-state index is 11.8. The maximum Gasteiger partial charge on any atom is 0.310 e. The molecule has 0 aliphatic heterocycles. The van der Waals surface area contributed by atoms with Crippen LogP contribution in [0.3, 0.4) is 0 Å². The number of sulfonamides is 1. The Balaban J connectivity index is 1.78. The van der Waals surface area contributed by atoms with Gasteiger partial charge in [-0.2, -0.15) is 0 Å². The van der Waals surface area contributed by atoms with Crippen molar-refractivity contribution in [3.05, 3.63) is 58.1 Å². The quantitative estimate of drug-likeness (QED) is 0.566. The fourth-order valence-electron chi connectivity index (χ4n) is 1.94. The highest BCUT2D eigenvalue weighted by Crippen LogP contribution is 2.24. The molecule has 2 N–H and O–H groups in total. The van der Waals surface area contributed by atoms with Crippen LogP contribution in [0.25, 0.3) is 0 Å². The molecule has 0 aliphatic carbocycles. The van der Waals surface area contributed by atoms with Gasteiger partial charge in [0.05, 0.1) is 11.3 Å². The SMILES string of the molecule is NS(=O)(=O)c1ccc(OCCOC(=O)Cc2c(Cl)cccc2Cl)cc1. The summed E-state index contributed by atoms with van der Waals surface area (Å²) in [4.78, 5) is 11.8. The van der Waals surface area contributed by atoms with Gasteiger partial charge in [0.2, 0.25) is 10.0 Å². The van der Waals surface area contributed by atoms with E-state index in [0.29, 0.717) is 21.4 Å². The molecule has 2 rings (SSSR count). The number of primary sulfonamides is 1. The van der Waals surface area contributed by atoms with Crippen molar-refractivity contribution in [2.45, 2.75) is 11.3 Å². The molecule has 0 heterocycles. The largest absolute Gasteiger partial charge is 0.490 e. The van der Waals surface area contributed by atoms with Gasteiger partial charge in [0.25, 0.3) is 0 Å². The van der Waals surface area contributed by atoms with Gasteiger partial charge in [-0.25, -0.2) is 13.6 Å². The van der Waals surface area contributed by atoms with Crippen molar-refractivity contribution < 1.29 is 22.7 Å². The van der Waals surface area contributed by atoms with Crippen LogP contribution in [0.2, 0.25) is 10.0 Å². The smallest absolute Gasteiger partial charge is 0.310 e. The van der Waals surface area contributed by atoms with Gasteiger partial charge in [0.1, 0.15) is 19.0 Å². The lowest BCUT2D eigenvalue weighted by molar-refractivity contribution is -0.143. The zero-order chi connectivity index (χ0) is 18.4. The fraction of sp³-hybridized carbons (Fsp3) is 0.188. The van der Waals surface area contributed by atoms with Gasteiger partial charge < -0.3 is 9.47 Å². The molecule has 0 saturated carbocycles. The first-order chi connectivity index (χ1) is 11.8. The molecule has 0 spiro atoms. The second-order valence-corrected chi connectivity index (χ2v) is 7.34. The number of benzene rings is 2. The first-order valence-electron chi connectivity index (χ1n) is 7.11. The van der Waals surface area contributed by atoms with Crippen molar-refractivity contribution in [1.29, 1.82) is 0 Å². The molecule has 134 valence electrons. The summed E-state index contributed by atoms with van der Waals surface area (Å²) in [6.45, 7) is 0.133. The van der Waals surface area contributed by atoms with Crippen LogP contribution < -0.4 is 9.88 Å². The van der Waals surface area contributed by atoms with E-state index < -0.39 is 16.0 Å². The zero-order valence-corrected chi connectivity index (χ0v) is 15.3. The van der Waals surface area contributed by atoms with Gasteiger partial charge in [-0.15, -0.1) is 0 Å². The van der Waals surface area contributed by atoms with Crippen LogP contribution >= 0.6 is 23.2 Å². The zero-order valence-electron chi connectivity index (χ0n) is 12.9. The minimum absolute atomic E-state index is 0.0112. The van der Waals surface area contributed by atoms with Crippen molar-refractivity contribution >= 4 is 39.2 Å². The first-order valence-corrected chi connectivity index (χ1v) is 9.42. The average molecular weight is 404 g/mol. The van der Waals surface area contributed by atoms with Crippen molar-refractivity contribution in [1.82, 2.24) is 0 Å². The van der Waals surface area contributed by atoms with E-state index in [-0.39, 0.29) is 24.5 Å². The second kappa shape index (κ2) is 8.53. The number of carbonyl (C=O) groups is 1. The van der Waals surface area contributed by atoms with Crippen molar-refractivity contribution in [2.75, 3.05) is 13.2 Å². The standard InChI is InChI=1S/C16H15Cl2NO5S/c17-14-2-1-3-15(18)13(14)10-16(20)24-9-8-23-11-4-6-12(7-5-11)25(19,21)22/h1-7H,8-10H2,(H2,19,21,22). The molecule has 0 unspecified atom stereocenters. The summed E-state index contributed by atoms with van der Waals surface area (Å²) in [5.74, 6) is -0.0548. The van der Waals surface area contributed by atoms with Crippen LogP contribution in [-0.4, -0.2) is 27.6 Å². The number of ether oxygens (including phenoxy) is 2. The number of esters is 1. The van der Waals surface area contributed by atoms with Crippen LogP contribution in [-0.2, 0) is 26.0 Å². The molecular weight excluding hydrogens is 389 g/mol. The molecule has 0 saturated heterocycles. The van der Waals surface area contributed by atoms with E-state index in [0.717, 1.165) is 0 Å². The summed E-state index contributed by atoms with van der Waals surface area (Å²) in [7, 11) is -3.74. The molecule has 0 bridgehead atoms. The number of nitrogens with two attached hydrogens (primary N) is 1. The molecule has 25 heavy (non-hydrogen) atoms.